The molecule has 1 aliphatic heterocycles. The molecule has 3 amide bonds. The fourth-order valence-corrected chi connectivity index (χ4v) is 0.945. The van der Waals surface area contributed by atoms with Crippen molar-refractivity contribution in [3.8, 4) is 0 Å². The van der Waals surface area contributed by atoms with Crippen LogP contribution in [0.2, 0.25) is 0 Å². The first-order valence-corrected chi connectivity index (χ1v) is 3.51. The van der Waals surface area contributed by atoms with Crippen LogP contribution in [0.15, 0.2) is 0 Å². The van der Waals surface area contributed by atoms with E-state index >= 15 is 0 Å². The zero-order chi connectivity index (χ0) is 8.43. The van der Waals surface area contributed by atoms with Crippen LogP contribution < -0.4 is 11.1 Å². The van der Waals surface area contributed by atoms with Crippen LogP contribution in [-0.4, -0.2) is 29.5 Å². The number of hydrogen-bond acceptors (Lipinski definition) is 3. The molecule has 0 aliphatic carbocycles. The molecule has 1 unspecified atom stereocenters. The standard InChI is InChI=1S/C6H11N3O2/c1-2-4(7)9-3-5(10)8-6(9)11/h4H,2-3,7H2,1H3,(H,8,10,11). The molecule has 0 aromatic carbocycles. The van der Waals surface area contributed by atoms with Gasteiger partial charge in [0.05, 0.1) is 6.17 Å². The Balaban J connectivity index is 2.59. The second-order valence-electron chi connectivity index (χ2n) is 2.46. The van der Waals surface area contributed by atoms with Crippen molar-refractivity contribution >= 4 is 11.9 Å². The molecule has 0 aromatic rings. The predicted octanol–water partition coefficient (Wildman–Crippen LogP) is -0.767. The van der Waals surface area contributed by atoms with Crippen molar-refractivity contribution in [3.05, 3.63) is 0 Å². The number of imide groups is 1. The van der Waals surface area contributed by atoms with Crippen LogP contribution in [-0.2, 0) is 4.79 Å². The summed E-state index contributed by atoms with van der Waals surface area (Å²) in [7, 11) is 0. The molecule has 1 fully saturated rings. The summed E-state index contributed by atoms with van der Waals surface area (Å²) in [4.78, 5) is 22.9. The number of nitrogens with zero attached hydrogens (tertiary/aromatic N) is 1. The summed E-state index contributed by atoms with van der Waals surface area (Å²) in [5.41, 5.74) is 5.54. The van der Waals surface area contributed by atoms with Gasteiger partial charge in [0.15, 0.2) is 0 Å². The molecule has 5 nitrogen and oxygen atoms in total. The first-order chi connectivity index (χ1) is 5.15. The average molecular weight is 157 g/mol. The third kappa shape index (κ3) is 1.48. The number of nitrogens with two attached hydrogens (primary N) is 1. The fourth-order valence-electron chi connectivity index (χ4n) is 0.945. The lowest BCUT2D eigenvalue weighted by molar-refractivity contribution is -0.118. The van der Waals surface area contributed by atoms with E-state index in [1.807, 2.05) is 6.92 Å². The van der Waals surface area contributed by atoms with Crippen molar-refractivity contribution in [1.29, 1.82) is 0 Å². The SMILES string of the molecule is CCC(N)N1CC(=O)NC1=O. The van der Waals surface area contributed by atoms with Gasteiger partial charge >= 0.3 is 6.03 Å². The van der Waals surface area contributed by atoms with Crippen LogP contribution in [0.4, 0.5) is 4.79 Å². The summed E-state index contributed by atoms with van der Waals surface area (Å²) in [5, 5.41) is 2.15. The quantitative estimate of drug-likeness (QED) is 0.517. The molecule has 1 atom stereocenters. The van der Waals surface area contributed by atoms with E-state index in [1.165, 1.54) is 4.90 Å². The number of carbonyl (C=O) groups excluding carboxylic acids is 2. The Morgan fingerprint density at radius 1 is 1.73 bits per heavy atom. The second kappa shape index (κ2) is 2.87. The van der Waals surface area contributed by atoms with Crippen molar-refractivity contribution in [3.63, 3.8) is 0 Å². The maximum atomic E-state index is 10.9. The molecule has 0 aromatic heterocycles. The number of hydrogen-bond donors (Lipinski definition) is 2. The largest absolute Gasteiger partial charge is 0.325 e. The lowest BCUT2D eigenvalue weighted by Crippen LogP contribution is -2.43. The van der Waals surface area contributed by atoms with E-state index in [9.17, 15) is 9.59 Å². The van der Waals surface area contributed by atoms with Gasteiger partial charge in [0.25, 0.3) is 0 Å². The highest BCUT2D eigenvalue weighted by Gasteiger charge is 2.29. The first kappa shape index (κ1) is 8.00. The lowest BCUT2D eigenvalue weighted by Gasteiger charge is -2.19. The maximum Gasteiger partial charge on any atom is 0.325 e. The number of carbonyl (C=O) groups is 2. The van der Waals surface area contributed by atoms with E-state index in [2.05, 4.69) is 5.32 Å². The Morgan fingerprint density at radius 3 is 2.73 bits per heavy atom. The maximum absolute atomic E-state index is 10.9. The lowest BCUT2D eigenvalue weighted by atomic mass is 10.3. The fraction of sp³-hybridized carbons (Fsp3) is 0.667. The van der Waals surface area contributed by atoms with Gasteiger partial charge in [-0.3, -0.25) is 15.0 Å². The van der Waals surface area contributed by atoms with Crippen LogP contribution in [0.3, 0.4) is 0 Å². The van der Waals surface area contributed by atoms with Crippen LogP contribution in [0.1, 0.15) is 13.3 Å². The van der Waals surface area contributed by atoms with Gasteiger partial charge in [-0.15, -0.1) is 0 Å². The van der Waals surface area contributed by atoms with Crippen molar-refractivity contribution in [2.75, 3.05) is 6.54 Å². The minimum absolute atomic E-state index is 0.0911. The van der Waals surface area contributed by atoms with Crippen molar-refractivity contribution in [2.24, 2.45) is 5.73 Å². The molecule has 62 valence electrons. The Labute approximate surface area is 64.5 Å². The van der Waals surface area contributed by atoms with Gasteiger partial charge in [0.2, 0.25) is 5.91 Å². The number of amides is 3. The molecule has 0 spiro atoms. The van der Waals surface area contributed by atoms with Crippen LogP contribution in [0.5, 0.6) is 0 Å². The van der Waals surface area contributed by atoms with Gasteiger partial charge < -0.3 is 5.73 Å². The third-order valence-electron chi connectivity index (χ3n) is 1.64. The highest BCUT2D eigenvalue weighted by atomic mass is 16.2. The minimum Gasteiger partial charge on any atom is -0.311 e. The third-order valence-corrected chi connectivity index (χ3v) is 1.64. The first-order valence-electron chi connectivity index (χ1n) is 3.51. The molecule has 1 rings (SSSR count). The summed E-state index contributed by atoms with van der Waals surface area (Å²) in [6.45, 7) is 1.95. The molecule has 1 aliphatic rings. The summed E-state index contributed by atoms with van der Waals surface area (Å²) in [6, 6.07) is -0.385. The van der Waals surface area contributed by atoms with E-state index in [0.717, 1.165) is 0 Å². The van der Waals surface area contributed by atoms with Crippen LogP contribution in [0.25, 0.3) is 0 Å². The molecule has 5 heteroatoms. The molecule has 0 saturated carbocycles. The predicted molar refractivity (Wildman–Crippen MR) is 38.5 cm³/mol. The van der Waals surface area contributed by atoms with E-state index in [4.69, 9.17) is 5.73 Å². The van der Waals surface area contributed by atoms with Gasteiger partial charge in [-0.05, 0) is 6.42 Å². The van der Waals surface area contributed by atoms with E-state index < -0.39 is 0 Å². The smallest absolute Gasteiger partial charge is 0.311 e. The zero-order valence-electron chi connectivity index (χ0n) is 6.33. The molecule has 1 saturated heterocycles. The minimum atomic E-state index is -0.385. The Morgan fingerprint density at radius 2 is 2.36 bits per heavy atom. The van der Waals surface area contributed by atoms with Gasteiger partial charge in [0.1, 0.15) is 6.54 Å². The number of rotatable bonds is 2. The second-order valence-corrected chi connectivity index (χ2v) is 2.46. The summed E-state index contributed by atoms with van der Waals surface area (Å²) >= 11 is 0. The Bertz CT molecular complexity index is 192. The van der Waals surface area contributed by atoms with Gasteiger partial charge in [-0.25, -0.2) is 4.79 Å². The molecular formula is C6H11N3O2. The Hall–Kier alpha value is -1.10. The van der Waals surface area contributed by atoms with Crippen molar-refractivity contribution in [1.82, 2.24) is 10.2 Å². The molecular weight excluding hydrogens is 146 g/mol. The van der Waals surface area contributed by atoms with Gasteiger partial charge in [0, 0.05) is 0 Å². The molecule has 3 N–H and O–H groups in total. The van der Waals surface area contributed by atoms with E-state index in [0.29, 0.717) is 6.42 Å². The molecule has 1 heterocycles. The highest BCUT2D eigenvalue weighted by molar-refractivity contribution is 6.01. The van der Waals surface area contributed by atoms with E-state index in [-0.39, 0.29) is 24.6 Å². The van der Waals surface area contributed by atoms with Crippen LogP contribution in [0, 0.1) is 0 Å². The normalized spacial score (nSPS) is 20.4. The summed E-state index contributed by atoms with van der Waals surface area (Å²) in [6.07, 6.45) is 0.308. The number of urea groups is 1. The molecule has 11 heavy (non-hydrogen) atoms. The van der Waals surface area contributed by atoms with Gasteiger partial charge in [-0.1, -0.05) is 6.92 Å². The van der Waals surface area contributed by atoms with Crippen molar-refractivity contribution in [2.45, 2.75) is 19.5 Å². The van der Waals surface area contributed by atoms with E-state index in [1.54, 1.807) is 0 Å². The van der Waals surface area contributed by atoms with Crippen LogP contribution >= 0.6 is 0 Å². The summed E-state index contributed by atoms with van der Waals surface area (Å²) in [5.74, 6) is -0.279. The molecule has 0 radical (unpaired) electrons. The van der Waals surface area contributed by atoms with Crippen molar-refractivity contribution < 1.29 is 9.59 Å². The summed E-state index contributed by atoms with van der Waals surface area (Å²) < 4.78 is 0. The van der Waals surface area contributed by atoms with Gasteiger partial charge in [-0.2, -0.15) is 0 Å². The Kier molecular flexibility index (Phi) is 2.09. The molecule has 0 bridgehead atoms. The highest BCUT2D eigenvalue weighted by Crippen LogP contribution is 2.02. The topological polar surface area (TPSA) is 75.4 Å². The number of nitrogens with one attached hydrogen (secondary N) is 1. The average Bonchev–Trinajstić information content (AvgIpc) is 2.28. The zero-order valence-corrected chi connectivity index (χ0v) is 6.33. The monoisotopic (exact) mass is 157 g/mol.